The zero-order chi connectivity index (χ0) is 16.9. The molecule has 1 fully saturated rings. The third-order valence-corrected chi connectivity index (χ3v) is 4.13. The van der Waals surface area contributed by atoms with Gasteiger partial charge in [0.2, 0.25) is 5.89 Å². The molecule has 0 aliphatic carbocycles. The number of benzene rings is 1. The van der Waals surface area contributed by atoms with E-state index in [2.05, 4.69) is 4.98 Å². The molecule has 6 nitrogen and oxygen atoms in total. The van der Waals surface area contributed by atoms with Gasteiger partial charge in [-0.3, -0.25) is 4.79 Å². The van der Waals surface area contributed by atoms with Crippen LogP contribution in [0.25, 0.3) is 17.2 Å². The molecule has 0 spiro atoms. The number of carbonyl (C=O) groups is 2. The summed E-state index contributed by atoms with van der Waals surface area (Å²) in [4.78, 5) is 29.9. The van der Waals surface area contributed by atoms with E-state index in [1.165, 1.54) is 12.2 Å². The Bertz CT molecular complexity index is 732. The van der Waals surface area contributed by atoms with Gasteiger partial charge < -0.3 is 14.1 Å². The molecule has 1 amide bonds. The molecule has 0 bridgehead atoms. The van der Waals surface area contributed by atoms with Gasteiger partial charge in [0.15, 0.2) is 12.2 Å². The van der Waals surface area contributed by atoms with Crippen molar-refractivity contribution in [2.24, 2.45) is 0 Å². The van der Waals surface area contributed by atoms with Crippen LogP contribution >= 0.6 is 0 Å². The van der Waals surface area contributed by atoms with Gasteiger partial charge in [-0.25, -0.2) is 9.78 Å². The van der Waals surface area contributed by atoms with Crippen molar-refractivity contribution in [3.8, 4) is 0 Å². The second-order valence-electron chi connectivity index (χ2n) is 5.89. The number of carbonyl (C=O) groups excluding carboxylic acids is 2. The van der Waals surface area contributed by atoms with E-state index in [1.807, 2.05) is 25.1 Å². The molecule has 1 atom stereocenters. The summed E-state index contributed by atoms with van der Waals surface area (Å²) < 4.78 is 10.5. The number of nitrogens with zero attached hydrogens (tertiary/aromatic N) is 2. The molecule has 3 rings (SSSR count). The number of hydrogen-bond acceptors (Lipinski definition) is 5. The fraction of sp³-hybridized carbons (Fsp3) is 0.389. The van der Waals surface area contributed by atoms with Crippen LogP contribution in [0.5, 0.6) is 0 Å². The molecule has 0 saturated carbocycles. The van der Waals surface area contributed by atoms with Crippen LogP contribution in [-0.2, 0) is 14.3 Å². The monoisotopic (exact) mass is 328 g/mol. The number of rotatable bonds is 4. The summed E-state index contributed by atoms with van der Waals surface area (Å²) in [5.74, 6) is -0.412. The van der Waals surface area contributed by atoms with Crippen molar-refractivity contribution < 1.29 is 18.7 Å². The predicted octanol–water partition coefficient (Wildman–Crippen LogP) is 2.79. The summed E-state index contributed by atoms with van der Waals surface area (Å²) in [6, 6.07) is 7.55. The van der Waals surface area contributed by atoms with E-state index in [4.69, 9.17) is 9.15 Å². The number of ether oxygens (including phenoxy) is 1. The first-order valence-electron chi connectivity index (χ1n) is 8.13. The van der Waals surface area contributed by atoms with E-state index < -0.39 is 5.97 Å². The Morgan fingerprint density at radius 1 is 1.38 bits per heavy atom. The summed E-state index contributed by atoms with van der Waals surface area (Å²) in [6.45, 7) is 2.52. The van der Waals surface area contributed by atoms with Crippen LogP contribution in [0, 0.1) is 0 Å². The number of amides is 1. The maximum atomic E-state index is 12.1. The number of aromatic nitrogens is 1. The molecule has 0 unspecified atom stereocenters. The minimum absolute atomic E-state index is 0.147. The molecule has 24 heavy (non-hydrogen) atoms. The lowest BCUT2D eigenvalue weighted by Crippen LogP contribution is -2.44. The summed E-state index contributed by atoms with van der Waals surface area (Å²) in [7, 11) is 0. The lowest BCUT2D eigenvalue weighted by atomic mass is 10.0. The van der Waals surface area contributed by atoms with Crippen LogP contribution in [0.3, 0.4) is 0 Å². The minimum Gasteiger partial charge on any atom is -0.452 e. The van der Waals surface area contributed by atoms with Crippen molar-refractivity contribution in [3.63, 3.8) is 0 Å². The lowest BCUT2D eigenvalue weighted by Gasteiger charge is -2.33. The third kappa shape index (κ3) is 3.82. The van der Waals surface area contributed by atoms with Crippen molar-refractivity contribution in [1.82, 2.24) is 9.88 Å². The fourth-order valence-electron chi connectivity index (χ4n) is 2.83. The molecular formula is C18H20N2O4. The molecule has 1 aliphatic heterocycles. The minimum atomic E-state index is -0.588. The molecule has 126 valence electrons. The van der Waals surface area contributed by atoms with Gasteiger partial charge in [-0.2, -0.15) is 0 Å². The number of piperidine rings is 1. The van der Waals surface area contributed by atoms with Gasteiger partial charge in [-0.05, 0) is 38.3 Å². The van der Waals surface area contributed by atoms with E-state index in [9.17, 15) is 9.59 Å². The van der Waals surface area contributed by atoms with E-state index in [1.54, 1.807) is 11.0 Å². The average molecular weight is 328 g/mol. The number of para-hydroxylation sites is 2. The average Bonchev–Trinajstić information content (AvgIpc) is 3.01. The Hall–Kier alpha value is -2.63. The van der Waals surface area contributed by atoms with E-state index in [-0.39, 0.29) is 18.6 Å². The Morgan fingerprint density at radius 3 is 3.00 bits per heavy atom. The van der Waals surface area contributed by atoms with Gasteiger partial charge >= 0.3 is 5.97 Å². The predicted molar refractivity (Wildman–Crippen MR) is 89.0 cm³/mol. The lowest BCUT2D eigenvalue weighted by molar-refractivity contribution is -0.149. The highest BCUT2D eigenvalue weighted by molar-refractivity contribution is 5.89. The molecule has 1 saturated heterocycles. The van der Waals surface area contributed by atoms with Crippen LogP contribution in [0.15, 0.2) is 34.8 Å². The maximum absolute atomic E-state index is 12.1. The van der Waals surface area contributed by atoms with E-state index in [0.29, 0.717) is 11.5 Å². The summed E-state index contributed by atoms with van der Waals surface area (Å²) in [6.07, 6.45) is 5.80. The maximum Gasteiger partial charge on any atom is 0.331 e. The molecule has 1 aromatic carbocycles. The molecule has 6 heteroatoms. The Balaban J connectivity index is 1.52. The standard InChI is InChI=1S/C18H20N2O4/c1-13-6-4-5-11-20(13)17(21)12-23-18(22)10-9-16-19-14-7-2-3-8-15(14)24-16/h2-3,7-10,13H,4-6,11-12H2,1H3/b10-9+/t13-/m0/s1. The highest BCUT2D eigenvalue weighted by Gasteiger charge is 2.23. The van der Waals surface area contributed by atoms with Crippen LogP contribution in [0.1, 0.15) is 32.1 Å². The second-order valence-corrected chi connectivity index (χ2v) is 5.89. The molecule has 1 aliphatic rings. The Kier molecular flexibility index (Phi) is 4.93. The number of esters is 1. The van der Waals surface area contributed by atoms with Crippen molar-refractivity contribution >= 4 is 29.1 Å². The first kappa shape index (κ1) is 16.2. The quantitative estimate of drug-likeness (QED) is 0.637. The number of likely N-dealkylation sites (tertiary alicyclic amines) is 1. The van der Waals surface area contributed by atoms with Crippen molar-refractivity contribution in [2.45, 2.75) is 32.2 Å². The number of fused-ring (bicyclic) bond motifs is 1. The van der Waals surface area contributed by atoms with Gasteiger partial charge in [-0.15, -0.1) is 0 Å². The molecule has 0 radical (unpaired) electrons. The van der Waals surface area contributed by atoms with Gasteiger partial charge in [0.25, 0.3) is 5.91 Å². The zero-order valence-corrected chi connectivity index (χ0v) is 13.6. The smallest absolute Gasteiger partial charge is 0.331 e. The Labute approximate surface area is 140 Å². The van der Waals surface area contributed by atoms with Crippen molar-refractivity contribution in [1.29, 1.82) is 0 Å². The molecule has 0 N–H and O–H groups in total. The molecule has 2 aromatic rings. The molecular weight excluding hydrogens is 308 g/mol. The first-order chi connectivity index (χ1) is 11.6. The van der Waals surface area contributed by atoms with Crippen LogP contribution in [0.2, 0.25) is 0 Å². The molecule has 2 heterocycles. The highest BCUT2D eigenvalue weighted by atomic mass is 16.5. The van der Waals surface area contributed by atoms with Gasteiger partial charge in [0, 0.05) is 24.7 Å². The zero-order valence-electron chi connectivity index (χ0n) is 13.6. The van der Waals surface area contributed by atoms with Crippen LogP contribution in [0.4, 0.5) is 0 Å². The number of hydrogen-bond donors (Lipinski definition) is 0. The largest absolute Gasteiger partial charge is 0.452 e. The van der Waals surface area contributed by atoms with Gasteiger partial charge in [0.1, 0.15) is 5.52 Å². The summed E-state index contributed by atoms with van der Waals surface area (Å²) in [5.41, 5.74) is 1.37. The third-order valence-electron chi connectivity index (χ3n) is 4.13. The molecule has 1 aromatic heterocycles. The first-order valence-corrected chi connectivity index (χ1v) is 8.13. The Morgan fingerprint density at radius 2 is 2.21 bits per heavy atom. The normalized spacial score (nSPS) is 18.2. The van der Waals surface area contributed by atoms with Crippen molar-refractivity contribution in [2.75, 3.05) is 13.2 Å². The van der Waals surface area contributed by atoms with Crippen LogP contribution in [-0.4, -0.2) is 41.0 Å². The second kappa shape index (κ2) is 7.29. The van der Waals surface area contributed by atoms with Gasteiger partial charge in [-0.1, -0.05) is 12.1 Å². The summed E-state index contributed by atoms with van der Waals surface area (Å²) >= 11 is 0. The number of oxazole rings is 1. The summed E-state index contributed by atoms with van der Waals surface area (Å²) in [5, 5.41) is 0. The fourth-order valence-corrected chi connectivity index (χ4v) is 2.83. The SMILES string of the molecule is C[C@H]1CCCCN1C(=O)COC(=O)/C=C/c1nc2ccccc2o1. The van der Waals surface area contributed by atoms with Crippen LogP contribution < -0.4 is 0 Å². The van der Waals surface area contributed by atoms with Gasteiger partial charge in [0.05, 0.1) is 0 Å². The van der Waals surface area contributed by atoms with E-state index in [0.717, 1.165) is 31.3 Å². The van der Waals surface area contributed by atoms with Crippen molar-refractivity contribution in [3.05, 3.63) is 36.2 Å². The topological polar surface area (TPSA) is 72.6 Å². The van der Waals surface area contributed by atoms with E-state index >= 15 is 0 Å². The highest BCUT2D eigenvalue weighted by Crippen LogP contribution is 2.17.